The van der Waals surface area contributed by atoms with E-state index in [1.165, 1.54) is 0 Å². The SMILES string of the molecule is C=C(CC)CC(COCC(F)(F)F)NC. The average Bonchev–Trinajstić information content (AvgIpc) is 2.14. The van der Waals surface area contributed by atoms with E-state index in [9.17, 15) is 13.2 Å². The van der Waals surface area contributed by atoms with Gasteiger partial charge < -0.3 is 10.1 Å². The number of ether oxygens (including phenoxy) is 1. The predicted molar refractivity (Wildman–Crippen MR) is 53.8 cm³/mol. The summed E-state index contributed by atoms with van der Waals surface area (Å²) in [5.74, 6) is 0. The predicted octanol–water partition coefficient (Wildman–Crippen LogP) is 2.51. The zero-order valence-corrected chi connectivity index (χ0v) is 9.16. The maximum absolute atomic E-state index is 11.8. The van der Waals surface area contributed by atoms with Gasteiger partial charge in [-0.3, -0.25) is 0 Å². The summed E-state index contributed by atoms with van der Waals surface area (Å²) in [5.41, 5.74) is 1.00. The van der Waals surface area contributed by atoms with Crippen molar-refractivity contribution in [3.05, 3.63) is 12.2 Å². The van der Waals surface area contributed by atoms with E-state index in [0.717, 1.165) is 12.0 Å². The molecule has 0 saturated heterocycles. The molecule has 0 saturated carbocycles. The zero-order chi connectivity index (χ0) is 11.9. The lowest BCUT2D eigenvalue weighted by molar-refractivity contribution is -0.175. The van der Waals surface area contributed by atoms with Gasteiger partial charge in [0.2, 0.25) is 0 Å². The van der Waals surface area contributed by atoms with Gasteiger partial charge in [0.1, 0.15) is 6.61 Å². The summed E-state index contributed by atoms with van der Waals surface area (Å²) in [6.45, 7) is 4.62. The van der Waals surface area contributed by atoms with E-state index >= 15 is 0 Å². The van der Waals surface area contributed by atoms with E-state index in [2.05, 4.69) is 16.6 Å². The molecule has 0 aromatic rings. The summed E-state index contributed by atoms with van der Waals surface area (Å²) in [5, 5.41) is 2.90. The maximum Gasteiger partial charge on any atom is 0.411 e. The Bertz CT molecular complexity index is 192. The molecule has 0 aliphatic rings. The monoisotopic (exact) mass is 225 g/mol. The summed E-state index contributed by atoms with van der Waals surface area (Å²) in [6, 6.07) is -0.0974. The first-order valence-electron chi connectivity index (χ1n) is 4.87. The van der Waals surface area contributed by atoms with Gasteiger partial charge in [0.15, 0.2) is 0 Å². The van der Waals surface area contributed by atoms with Crippen molar-refractivity contribution in [3.63, 3.8) is 0 Å². The van der Waals surface area contributed by atoms with Crippen LogP contribution >= 0.6 is 0 Å². The number of halogens is 3. The molecule has 15 heavy (non-hydrogen) atoms. The molecule has 0 rings (SSSR count). The van der Waals surface area contributed by atoms with Crippen molar-refractivity contribution in [1.29, 1.82) is 0 Å². The minimum atomic E-state index is -4.25. The van der Waals surface area contributed by atoms with Gasteiger partial charge in [0.05, 0.1) is 6.61 Å². The minimum absolute atomic E-state index is 0.0506. The van der Waals surface area contributed by atoms with Crippen LogP contribution in [0.5, 0.6) is 0 Å². The molecule has 1 unspecified atom stereocenters. The van der Waals surface area contributed by atoms with Crippen molar-refractivity contribution >= 4 is 0 Å². The maximum atomic E-state index is 11.8. The second-order valence-corrected chi connectivity index (χ2v) is 3.42. The minimum Gasteiger partial charge on any atom is -0.370 e. The van der Waals surface area contributed by atoms with Crippen LogP contribution in [0.2, 0.25) is 0 Å². The molecule has 0 aliphatic heterocycles. The molecule has 1 N–H and O–H groups in total. The molecular formula is C10H18F3NO. The lowest BCUT2D eigenvalue weighted by Crippen LogP contribution is -2.32. The molecular weight excluding hydrogens is 207 g/mol. The Morgan fingerprint density at radius 1 is 1.47 bits per heavy atom. The average molecular weight is 225 g/mol. The molecule has 0 spiro atoms. The van der Waals surface area contributed by atoms with Gasteiger partial charge >= 0.3 is 6.18 Å². The second-order valence-electron chi connectivity index (χ2n) is 3.42. The summed E-state index contributed by atoms with van der Waals surface area (Å²) in [4.78, 5) is 0. The number of likely N-dealkylation sites (N-methyl/N-ethyl adjacent to an activating group) is 1. The number of hydrogen-bond acceptors (Lipinski definition) is 2. The molecule has 90 valence electrons. The largest absolute Gasteiger partial charge is 0.411 e. The number of nitrogens with one attached hydrogen (secondary N) is 1. The highest BCUT2D eigenvalue weighted by atomic mass is 19.4. The van der Waals surface area contributed by atoms with Crippen molar-refractivity contribution in [2.45, 2.75) is 32.0 Å². The van der Waals surface area contributed by atoms with Gasteiger partial charge in [-0.25, -0.2) is 0 Å². The van der Waals surface area contributed by atoms with Crippen molar-refractivity contribution in [2.75, 3.05) is 20.3 Å². The quantitative estimate of drug-likeness (QED) is 0.672. The Balaban J connectivity index is 3.76. The van der Waals surface area contributed by atoms with Crippen molar-refractivity contribution < 1.29 is 17.9 Å². The van der Waals surface area contributed by atoms with Gasteiger partial charge in [0, 0.05) is 6.04 Å². The van der Waals surface area contributed by atoms with Crippen molar-refractivity contribution in [3.8, 4) is 0 Å². The summed E-state index contributed by atoms with van der Waals surface area (Å²) in [7, 11) is 1.70. The first-order valence-corrected chi connectivity index (χ1v) is 4.87. The first-order chi connectivity index (χ1) is 6.89. The summed E-state index contributed by atoms with van der Waals surface area (Å²) in [6.07, 6.45) is -2.78. The molecule has 0 bridgehead atoms. The van der Waals surface area contributed by atoms with Gasteiger partial charge in [-0.1, -0.05) is 19.1 Å². The van der Waals surface area contributed by atoms with E-state index < -0.39 is 12.8 Å². The number of hydrogen-bond donors (Lipinski definition) is 1. The van der Waals surface area contributed by atoms with Crippen LogP contribution in [0.25, 0.3) is 0 Å². The molecule has 2 nitrogen and oxygen atoms in total. The van der Waals surface area contributed by atoms with Gasteiger partial charge in [-0.15, -0.1) is 0 Å². The van der Waals surface area contributed by atoms with Gasteiger partial charge in [0.25, 0.3) is 0 Å². The van der Waals surface area contributed by atoms with Crippen LogP contribution in [0.15, 0.2) is 12.2 Å². The third-order valence-electron chi connectivity index (χ3n) is 2.03. The standard InChI is InChI=1S/C10H18F3NO/c1-4-8(2)5-9(14-3)6-15-7-10(11,12)13/h9,14H,2,4-7H2,1,3H3. The van der Waals surface area contributed by atoms with E-state index in [1.54, 1.807) is 7.05 Å². The normalized spacial score (nSPS) is 13.9. The third kappa shape index (κ3) is 8.44. The molecule has 0 aromatic heterocycles. The van der Waals surface area contributed by atoms with Gasteiger partial charge in [-0.2, -0.15) is 13.2 Å². The Morgan fingerprint density at radius 3 is 2.47 bits per heavy atom. The summed E-state index contributed by atoms with van der Waals surface area (Å²) >= 11 is 0. The lowest BCUT2D eigenvalue weighted by Gasteiger charge is -2.17. The molecule has 0 aromatic carbocycles. The third-order valence-corrected chi connectivity index (χ3v) is 2.03. The van der Waals surface area contributed by atoms with Crippen LogP contribution in [-0.2, 0) is 4.74 Å². The molecule has 0 fully saturated rings. The molecule has 0 aliphatic carbocycles. The van der Waals surface area contributed by atoms with Crippen LogP contribution in [-0.4, -0.2) is 32.5 Å². The number of rotatable bonds is 7. The highest BCUT2D eigenvalue weighted by Crippen LogP contribution is 2.15. The van der Waals surface area contributed by atoms with E-state index in [0.29, 0.717) is 6.42 Å². The smallest absolute Gasteiger partial charge is 0.370 e. The van der Waals surface area contributed by atoms with Crippen LogP contribution < -0.4 is 5.32 Å². The molecule has 0 amide bonds. The highest BCUT2D eigenvalue weighted by molar-refractivity contribution is 4.96. The van der Waals surface area contributed by atoms with Crippen LogP contribution in [0.1, 0.15) is 19.8 Å². The van der Waals surface area contributed by atoms with E-state index in [4.69, 9.17) is 0 Å². The first kappa shape index (κ1) is 14.5. The Morgan fingerprint density at radius 2 is 2.07 bits per heavy atom. The van der Waals surface area contributed by atoms with Crippen LogP contribution in [0.3, 0.4) is 0 Å². The molecule has 0 radical (unpaired) electrons. The fraction of sp³-hybridized carbons (Fsp3) is 0.800. The van der Waals surface area contributed by atoms with Crippen LogP contribution in [0.4, 0.5) is 13.2 Å². The summed E-state index contributed by atoms with van der Waals surface area (Å²) < 4.78 is 39.9. The van der Waals surface area contributed by atoms with E-state index in [1.807, 2.05) is 6.92 Å². The zero-order valence-electron chi connectivity index (χ0n) is 9.16. The second kappa shape index (κ2) is 6.85. The topological polar surface area (TPSA) is 21.3 Å². The van der Waals surface area contributed by atoms with E-state index in [-0.39, 0.29) is 12.6 Å². The fourth-order valence-electron chi connectivity index (χ4n) is 1.05. The Kier molecular flexibility index (Phi) is 6.60. The van der Waals surface area contributed by atoms with Crippen molar-refractivity contribution in [2.24, 2.45) is 0 Å². The van der Waals surface area contributed by atoms with Crippen molar-refractivity contribution in [1.82, 2.24) is 5.32 Å². The lowest BCUT2D eigenvalue weighted by atomic mass is 10.1. The fourth-order valence-corrected chi connectivity index (χ4v) is 1.05. The highest BCUT2D eigenvalue weighted by Gasteiger charge is 2.27. The number of alkyl halides is 3. The van der Waals surface area contributed by atoms with Gasteiger partial charge in [-0.05, 0) is 19.9 Å². The Labute approximate surface area is 88.5 Å². The van der Waals surface area contributed by atoms with Crippen LogP contribution in [0, 0.1) is 0 Å². The Hall–Kier alpha value is -0.550. The molecule has 5 heteroatoms. The molecule has 1 atom stereocenters. The molecule has 0 heterocycles.